The molecule has 2 amide bonds. The normalized spacial score (nSPS) is 12.0. The molecule has 1 aromatic carbocycles. The number of hydrogen-bond acceptors (Lipinski definition) is 3. The molecular formula is C14H17FN4O2. The van der Waals surface area contributed by atoms with E-state index >= 15 is 0 Å². The van der Waals surface area contributed by atoms with Gasteiger partial charge in [0.1, 0.15) is 5.82 Å². The van der Waals surface area contributed by atoms with Crippen LogP contribution in [0.3, 0.4) is 0 Å². The first-order valence-corrected chi connectivity index (χ1v) is 6.50. The van der Waals surface area contributed by atoms with Crippen molar-refractivity contribution in [2.45, 2.75) is 19.9 Å². The molecule has 1 aromatic heterocycles. The fourth-order valence-electron chi connectivity index (χ4n) is 1.80. The molecule has 21 heavy (non-hydrogen) atoms. The van der Waals surface area contributed by atoms with Crippen molar-refractivity contribution in [3.63, 3.8) is 0 Å². The molecule has 2 aromatic rings. The van der Waals surface area contributed by atoms with E-state index in [0.717, 1.165) is 5.69 Å². The number of nitrogens with zero attached hydrogens (tertiary/aromatic N) is 2. The summed E-state index contributed by atoms with van der Waals surface area (Å²) in [7, 11) is 0. The van der Waals surface area contributed by atoms with Crippen molar-refractivity contribution < 1.29 is 14.3 Å². The van der Waals surface area contributed by atoms with Gasteiger partial charge in [-0.2, -0.15) is 0 Å². The summed E-state index contributed by atoms with van der Waals surface area (Å²) < 4.78 is 14.5. The molecule has 0 unspecified atom stereocenters. The number of anilines is 1. The largest absolute Gasteiger partial charge is 0.394 e. The number of nitrogens with one attached hydrogen (secondary N) is 2. The van der Waals surface area contributed by atoms with Crippen LogP contribution in [0.5, 0.6) is 0 Å². The molecule has 0 aliphatic heterocycles. The minimum absolute atomic E-state index is 0.142. The van der Waals surface area contributed by atoms with Gasteiger partial charge >= 0.3 is 6.03 Å². The number of aliphatic hydroxyl groups is 1. The van der Waals surface area contributed by atoms with Crippen molar-refractivity contribution in [2.75, 3.05) is 11.9 Å². The molecule has 0 bridgehead atoms. The Bertz CT molecular complexity index is 624. The second-order valence-electron chi connectivity index (χ2n) is 4.74. The van der Waals surface area contributed by atoms with E-state index in [-0.39, 0.29) is 18.5 Å². The number of carbonyl (C=O) groups excluding carboxylic acids is 1. The number of rotatable bonds is 4. The summed E-state index contributed by atoms with van der Waals surface area (Å²) in [6.07, 6.45) is 0. The Morgan fingerprint density at radius 3 is 2.71 bits per heavy atom. The van der Waals surface area contributed by atoms with Gasteiger partial charge in [-0.05, 0) is 38.1 Å². The van der Waals surface area contributed by atoms with Gasteiger partial charge < -0.3 is 10.4 Å². The van der Waals surface area contributed by atoms with Crippen LogP contribution in [0.15, 0.2) is 30.3 Å². The molecule has 2 rings (SSSR count). The summed E-state index contributed by atoms with van der Waals surface area (Å²) in [5.74, 6) is 0.0544. The molecule has 112 valence electrons. The summed E-state index contributed by atoms with van der Waals surface area (Å²) in [5.41, 5.74) is 1.50. The van der Waals surface area contributed by atoms with E-state index in [2.05, 4.69) is 15.7 Å². The van der Waals surface area contributed by atoms with Crippen LogP contribution in [0.4, 0.5) is 15.0 Å². The molecule has 0 spiro atoms. The molecule has 0 saturated carbocycles. The van der Waals surface area contributed by atoms with Crippen LogP contribution in [0.1, 0.15) is 12.6 Å². The van der Waals surface area contributed by atoms with Gasteiger partial charge in [0.15, 0.2) is 5.82 Å². The minimum atomic E-state index is -0.444. The first-order chi connectivity index (χ1) is 9.99. The number of halogens is 1. The van der Waals surface area contributed by atoms with Crippen molar-refractivity contribution in [1.82, 2.24) is 15.1 Å². The molecule has 0 aliphatic carbocycles. The number of hydrogen-bond donors (Lipinski definition) is 3. The van der Waals surface area contributed by atoms with E-state index in [1.807, 2.05) is 6.92 Å². The van der Waals surface area contributed by atoms with Gasteiger partial charge in [-0.25, -0.2) is 13.9 Å². The molecule has 0 fully saturated rings. The smallest absolute Gasteiger partial charge is 0.320 e. The number of amides is 2. The molecule has 1 atom stereocenters. The van der Waals surface area contributed by atoms with Crippen molar-refractivity contribution in [3.05, 3.63) is 41.8 Å². The highest BCUT2D eigenvalue weighted by molar-refractivity contribution is 5.88. The second kappa shape index (κ2) is 6.36. The lowest BCUT2D eigenvalue weighted by Crippen LogP contribution is -2.38. The molecule has 0 saturated heterocycles. The zero-order chi connectivity index (χ0) is 15.4. The van der Waals surface area contributed by atoms with E-state index in [1.54, 1.807) is 29.8 Å². The Morgan fingerprint density at radius 2 is 2.10 bits per heavy atom. The van der Waals surface area contributed by atoms with Gasteiger partial charge in [0.05, 0.1) is 18.3 Å². The van der Waals surface area contributed by atoms with Gasteiger partial charge in [-0.1, -0.05) is 0 Å². The van der Waals surface area contributed by atoms with Crippen molar-refractivity contribution >= 4 is 11.8 Å². The third-order valence-corrected chi connectivity index (χ3v) is 2.85. The maximum atomic E-state index is 12.9. The number of benzene rings is 1. The molecule has 6 nitrogen and oxygen atoms in total. The third kappa shape index (κ3) is 3.79. The van der Waals surface area contributed by atoms with Crippen LogP contribution >= 0.6 is 0 Å². The number of urea groups is 1. The summed E-state index contributed by atoms with van der Waals surface area (Å²) in [6.45, 7) is 3.37. The fourth-order valence-corrected chi connectivity index (χ4v) is 1.80. The van der Waals surface area contributed by atoms with Crippen molar-refractivity contribution in [1.29, 1.82) is 0 Å². The monoisotopic (exact) mass is 292 g/mol. The van der Waals surface area contributed by atoms with Crippen LogP contribution in [0, 0.1) is 12.7 Å². The van der Waals surface area contributed by atoms with Gasteiger partial charge in [-0.3, -0.25) is 5.32 Å². The second-order valence-corrected chi connectivity index (χ2v) is 4.74. The Hall–Kier alpha value is -2.41. The zero-order valence-electron chi connectivity index (χ0n) is 11.8. The Labute approximate surface area is 121 Å². The van der Waals surface area contributed by atoms with Crippen LogP contribution in [-0.4, -0.2) is 33.6 Å². The predicted octanol–water partition coefficient (Wildman–Crippen LogP) is 1.82. The molecule has 1 heterocycles. The lowest BCUT2D eigenvalue weighted by Gasteiger charge is -2.10. The summed E-state index contributed by atoms with van der Waals surface area (Å²) >= 11 is 0. The SMILES string of the molecule is Cc1cc(NC(=O)N[C@@H](C)CO)nn1-c1ccc(F)cc1. The number of aryl methyl sites for hydroxylation is 1. The van der Waals surface area contributed by atoms with Crippen molar-refractivity contribution in [3.8, 4) is 5.69 Å². The predicted molar refractivity (Wildman–Crippen MR) is 77.0 cm³/mol. The Balaban J connectivity index is 2.12. The Morgan fingerprint density at radius 1 is 1.43 bits per heavy atom. The van der Waals surface area contributed by atoms with Crippen molar-refractivity contribution in [2.24, 2.45) is 0 Å². The van der Waals surface area contributed by atoms with E-state index in [0.29, 0.717) is 11.5 Å². The number of carbonyl (C=O) groups is 1. The highest BCUT2D eigenvalue weighted by atomic mass is 19.1. The molecule has 0 aliphatic rings. The van der Waals surface area contributed by atoms with Crippen LogP contribution in [-0.2, 0) is 0 Å². The molecule has 0 radical (unpaired) electrons. The highest BCUT2D eigenvalue weighted by Gasteiger charge is 2.10. The van der Waals surface area contributed by atoms with E-state index in [1.165, 1.54) is 12.1 Å². The number of aliphatic hydroxyl groups excluding tert-OH is 1. The average Bonchev–Trinajstić information content (AvgIpc) is 2.80. The van der Waals surface area contributed by atoms with Crippen LogP contribution < -0.4 is 10.6 Å². The maximum absolute atomic E-state index is 12.9. The Kier molecular flexibility index (Phi) is 4.54. The summed E-state index contributed by atoms with van der Waals surface area (Å²) in [5, 5.41) is 18.3. The third-order valence-electron chi connectivity index (χ3n) is 2.85. The molecular weight excluding hydrogens is 275 g/mol. The molecule has 3 N–H and O–H groups in total. The number of aromatic nitrogens is 2. The lowest BCUT2D eigenvalue weighted by molar-refractivity contribution is 0.229. The van der Waals surface area contributed by atoms with Gasteiger partial charge in [-0.15, -0.1) is 5.10 Å². The van der Waals surface area contributed by atoms with Crippen LogP contribution in [0.25, 0.3) is 5.69 Å². The minimum Gasteiger partial charge on any atom is -0.394 e. The van der Waals surface area contributed by atoms with Gasteiger partial charge in [0.25, 0.3) is 0 Å². The summed E-state index contributed by atoms with van der Waals surface area (Å²) in [6, 6.07) is 6.82. The van der Waals surface area contributed by atoms with E-state index < -0.39 is 6.03 Å². The fraction of sp³-hybridized carbons (Fsp3) is 0.286. The molecule has 7 heteroatoms. The van der Waals surface area contributed by atoms with E-state index in [4.69, 9.17) is 5.11 Å². The quantitative estimate of drug-likeness (QED) is 0.804. The first kappa shape index (κ1) is 15.0. The highest BCUT2D eigenvalue weighted by Crippen LogP contribution is 2.15. The van der Waals surface area contributed by atoms with Crippen LogP contribution in [0.2, 0.25) is 0 Å². The van der Waals surface area contributed by atoms with Gasteiger partial charge in [0.2, 0.25) is 0 Å². The van der Waals surface area contributed by atoms with Gasteiger partial charge in [0, 0.05) is 11.8 Å². The zero-order valence-corrected chi connectivity index (χ0v) is 11.8. The standard InChI is InChI=1S/C14H17FN4O2/c1-9(8-20)16-14(21)17-13-7-10(2)19(18-13)12-5-3-11(15)4-6-12/h3-7,9,20H,8H2,1-2H3,(H2,16,17,18,21)/t9-/m0/s1. The average molecular weight is 292 g/mol. The first-order valence-electron chi connectivity index (χ1n) is 6.50. The van der Waals surface area contributed by atoms with E-state index in [9.17, 15) is 9.18 Å². The summed E-state index contributed by atoms with van der Waals surface area (Å²) in [4.78, 5) is 11.7. The lowest BCUT2D eigenvalue weighted by atomic mass is 10.3. The maximum Gasteiger partial charge on any atom is 0.320 e. The topological polar surface area (TPSA) is 79.2 Å².